The van der Waals surface area contributed by atoms with Crippen molar-refractivity contribution in [3.63, 3.8) is 0 Å². The van der Waals surface area contributed by atoms with E-state index >= 15 is 0 Å². The molecule has 1 amide bonds. The van der Waals surface area contributed by atoms with Gasteiger partial charge in [-0.1, -0.05) is 32.0 Å². The van der Waals surface area contributed by atoms with Gasteiger partial charge in [-0.15, -0.1) is 0 Å². The number of carbonyl (C=O) groups is 1. The summed E-state index contributed by atoms with van der Waals surface area (Å²) in [7, 11) is 0. The van der Waals surface area contributed by atoms with Crippen LogP contribution in [0.3, 0.4) is 0 Å². The van der Waals surface area contributed by atoms with Crippen molar-refractivity contribution in [1.29, 1.82) is 0 Å². The van der Waals surface area contributed by atoms with E-state index in [0.717, 1.165) is 38.8 Å². The minimum Gasteiger partial charge on any atom is -0.349 e. The van der Waals surface area contributed by atoms with Gasteiger partial charge in [0.25, 0.3) is 0 Å². The van der Waals surface area contributed by atoms with Crippen molar-refractivity contribution < 1.29 is 4.79 Å². The van der Waals surface area contributed by atoms with E-state index in [4.69, 9.17) is 0 Å². The van der Waals surface area contributed by atoms with Crippen molar-refractivity contribution in [2.75, 3.05) is 13.1 Å². The van der Waals surface area contributed by atoms with Crippen LogP contribution in [0.2, 0.25) is 0 Å². The lowest BCUT2D eigenvalue weighted by atomic mass is 9.84. The van der Waals surface area contributed by atoms with E-state index < -0.39 is 0 Å². The Morgan fingerprint density at radius 1 is 1.23 bits per heavy atom. The molecule has 1 aromatic carbocycles. The number of carbonyl (C=O) groups excluding carboxylic acids is 1. The average molecular weight is 300 g/mol. The monoisotopic (exact) mass is 300 g/mol. The van der Waals surface area contributed by atoms with Gasteiger partial charge in [0.05, 0.1) is 6.04 Å². The van der Waals surface area contributed by atoms with Gasteiger partial charge < -0.3 is 10.6 Å². The number of rotatable bonds is 3. The fourth-order valence-electron chi connectivity index (χ4n) is 3.70. The molecule has 1 aliphatic heterocycles. The molecule has 1 saturated heterocycles. The smallest absolute Gasteiger partial charge is 0.223 e. The Morgan fingerprint density at radius 3 is 2.73 bits per heavy atom. The number of hydrogen-bond donors (Lipinski definition) is 2. The number of fused-ring (bicyclic) bond motifs is 1. The summed E-state index contributed by atoms with van der Waals surface area (Å²) < 4.78 is 0. The average Bonchev–Trinajstić information content (AvgIpc) is 2.55. The second-order valence-corrected chi connectivity index (χ2v) is 7.09. The first kappa shape index (κ1) is 15.5. The molecule has 1 aliphatic carbocycles. The lowest BCUT2D eigenvalue weighted by Gasteiger charge is -2.30. The highest BCUT2D eigenvalue weighted by molar-refractivity contribution is 5.79. The van der Waals surface area contributed by atoms with Crippen LogP contribution < -0.4 is 10.6 Å². The molecular weight excluding hydrogens is 272 g/mol. The van der Waals surface area contributed by atoms with Crippen LogP contribution in [0.5, 0.6) is 0 Å². The fraction of sp³-hybridized carbons (Fsp3) is 0.632. The predicted octanol–water partition coefficient (Wildman–Crippen LogP) is 3.30. The zero-order valence-corrected chi connectivity index (χ0v) is 13.8. The molecule has 0 aromatic heterocycles. The Bertz CT molecular complexity index is 532. The van der Waals surface area contributed by atoms with Crippen molar-refractivity contribution in [2.45, 2.75) is 57.9 Å². The molecule has 1 heterocycles. The maximum atomic E-state index is 12.6. The molecule has 2 aliphatic rings. The van der Waals surface area contributed by atoms with Crippen molar-refractivity contribution >= 4 is 5.91 Å². The molecule has 0 unspecified atom stereocenters. The summed E-state index contributed by atoms with van der Waals surface area (Å²) in [4.78, 5) is 12.6. The molecule has 2 N–H and O–H groups in total. The largest absolute Gasteiger partial charge is 0.349 e. The van der Waals surface area contributed by atoms with Crippen molar-refractivity contribution in [3.8, 4) is 0 Å². The van der Waals surface area contributed by atoms with E-state index in [2.05, 4.69) is 42.7 Å². The van der Waals surface area contributed by atoms with Crippen LogP contribution in [-0.2, 0) is 11.2 Å². The van der Waals surface area contributed by atoms with Crippen LogP contribution in [0.4, 0.5) is 0 Å². The van der Waals surface area contributed by atoms with Crippen LogP contribution in [-0.4, -0.2) is 19.0 Å². The van der Waals surface area contributed by atoms with Crippen LogP contribution in [0.25, 0.3) is 0 Å². The summed E-state index contributed by atoms with van der Waals surface area (Å²) in [5.74, 6) is 0.988. The minimum absolute atomic E-state index is 0.194. The SMILES string of the molecule is CC(C)c1ccc2c(c1)[C@H](NC(=O)C1CCNCC1)CCC2. The van der Waals surface area contributed by atoms with Crippen LogP contribution in [0.15, 0.2) is 18.2 Å². The van der Waals surface area contributed by atoms with Gasteiger partial charge in [0, 0.05) is 5.92 Å². The highest BCUT2D eigenvalue weighted by atomic mass is 16.1. The lowest BCUT2D eigenvalue weighted by molar-refractivity contribution is -0.126. The van der Waals surface area contributed by atoms with E-state index in [1.165, 1.54) is 23.1 Å². The van der Waals surface area contributed by atoms with Crippen molar-refractivity contribution in [2.24, 2.45) is 5.92 Å². The zero-order valence-electron chi connectivity index (χ0n) is 13.8. The fourth-order valence-corrected chi connectivity index (χ4v) is 3.70. The predicted molar refractivity (Wildman–Crippen MR) is 89.9 cm³/mol. The van der Waals surface area contributed by atoms with Crippen molar-refractivity contribution in [1.82, 2.24) is 10.6 Å². The maximum Gasteiger partial charge on any atom is 0.223 e. The standard InChI is InChI=1S/C19H28N2O/c1-13(2)16-7-6-14-4-3-5-18(17(14)12-16)21-19(22)15-8-10-20-11-9-15/h6-7,12-13,15,18,20H,3-5,8-11H2,1-2H3,(H,21,22)/t18-/m1/s1. The van der Waals surface area contributed by atoms with Crippen LogP contribution >= 0.6 is 0 Å². The summed E-state index contributed by atoms with van der Waals surface area (Å²) in [5.41, 5.74) is 4.16. The van der Waals surface area contributed by atoms with Gasteiger partial charge in [0.15, 0.2) is 0 Å². The second kappa shape index (κ2) is 6.82. The molecule has 1 fully saturated rings. The number of hydrogen-bond acceptors (Lipinski definition) is 2. The summed E-state index contributed by atoms with van der Waals surface area (Å²) in [6.07, 6.45) is 5.33. The van der Waals surface area contributed by atoms with E-state index in [1.807, 2.05) is 0 Å². The van der Waals surface area contributed by atoms with Gasteiger partial charge in [-0.25, -0.2) is 0 Å². The molecule has 0 spiro atoms. The summed E-state index contributed by atoms with van der Waals surface area (Å²) in [6, 6.07) is 7.06. The lowest BCUT2D eigenvalue weighted by Crippen LogP contribution is -2.40. The first-order chi connectivity index (χ1) is 10.6. The first-order valence-corrected chi connectivity index (χ1v) is 8.79. The van der Waals surface area contributed by atoms with Gasteiger partial charge in [-0.2, -0.15) is 0 Å². The Morgan fingerprint density at radius 2 is 2.00 bits per heavy atom. The number of nitrogens with one attached hydrogen (secondary N) is 2. The Labute approximate surface area is 133 Å². The molecule has 1 atom stereocenters. The first-order valence-electron chi connectivity index (χ1n) is 8.79. The molecule has 3 nitrogen and oxygen atoms in total. The maximum absolute atomic E-state index is 12.6. The zero-order chi connectivity index (χ0) is 15.5. The van der Waals surface area contributed by atoms with Gasteiger partial charge >= 0.3 is 0 Å². The van der Waals surface area contributed by atoms with E-state index in [9.17, 15) is 4.79 Å². The second-order valence-electron chi connectivity index (χ2n) is 7.09. The van der Waals surface area contributed by atoms with Crippen LogP contribution in [0.1, 0.15) is 68.2 Å². The number of benzene rings is 1. The highest BCUT2D eigenvalue weighted by Crippen LogP contribution is 2.32. The molecule has 120 valence electrons. The Hall–Kier alpha value is -1.35. The molecule has 3 rings (SSSR count). The van der Waals surface area contributed by atoms with Crippen molar-refractivity contribution in [3.05, 3.63) is 34.9 Å². The Balaban J connectivity index is 1.75. The third-order valence-corrected chi connectivity index (χ3v) is 5.18. The van der Waals surface area contributed by atoms with E-state index in [-0.39, 0.29) is 17.9 Å². The normalized spacial score (nSPS) is 22.4. The highest BCUT2D eigenvalue weighted by Gasteiger charge is 2.26. The Kier molecular flexibility index (Phi) is 4.82. The molecular formula is C19H28N2O. The summed E-state index contributed by atoms with van der Waals surface area (Å²) >= 11 is 0. The summed E-state index contributed by atoms with van der Waals surface area (Å²) in [5, 5.41) is 6.67. The van der Waals surface area contributed by atoms with E-state index in [0.29, 0.717) is 5.92 Å². The molecule has 22 heavy (non-hydrogen) atoms. The third kappa shape index (κ3) is 3.35. The molecule has 0 radical (unpaired) electrons. The van der Waals surface area contributed by atoms with Crippen LogP contribution in [0, 0.1) is 5.92 Å². The molecule has 3 heteroatoms. The number of aryl methyl sites for hydroxylation is 1. The molecule has 0 saturated carbocycles. The topological polar surface area (TPSA) is 41.1 Å². The van der Waals surface area contributed by atoms with E-state index in [1.54, 1.807) is 0 Å². The molecule has 1 aromatic rings. The quantitative estimate of drug-likeness (QED) is 0.899. The van der Waals surface area contributed by atoms with Gasteiger partial charge in [-0.3, -0.25) is 4.79 Å². The van der Waals surface area contributed by atoms with Gasteiger partial charge in [0.1, 0.15) is 0 Å². The number of piperidine rings is 1. The summed E-state index contributed by atoms with van der Waals surface area (Å²) in [6.45, 7) is 6.40. The van der Waals surface area contributed by atoms with Gasteiger partial charge in [0.2, 0.25) is 5.91 Å². The number of amides is 1. The third-order valence-electron chi connectivity index (χ3n) is 5.18. The minimum atomic E-state index is 0.194. The molecule has 0 bridgehead atoms. The van der Waals surface area contributed by atoms with Gasteiger partial charge in [-0.05, 0) is 67.8 Å².